The topological polar surface area (TPSA) is 37.3 Å². The van der Waals surface area contributed by atoms with Crippen molar-refractivity contribution in [1.82, 2.24) is 0 Å². The smallest absolute Gasteiger partial charge is 0.256 e. The first-order valence-electron chi connectivity index (χ1n) is 5.38. The van der Waals surface area contributed by atoms with Crippen LogP contribution in [0, 0.1) is 0 Å². The van der Waals surface area contributed by atoms with Crippen molar-refractivity contribution in [2.24, 2.45) is 0 Å². The van der Waals surface area contributed by atoms with Crippen molar-refractivity contribution in [3.63, 3.8) is 0 Å². The van der Waals surface area contributed by atoms with Crippen LogP contribution in [0.4, 0.5) is 0 Å². The zero-order valence-electron chi connectivity index (χ0n) is 10.2. The Bertz CT molecular complexity index is 211. The molecule has 0 saturated carbocycles. The van der Waals surface area contributed by atoms with Crippen LogP contribution in [0.15, 0.2) is 0 Å². The fraction of sp³-hybridized carbons (Fsp3) is 1.00. The van der Waals surface area contributed by atoms with Gasteiger partial charge >= 0.3 is 0 Å². The van der Waals surface area contributed by atoms with E-state index >= 15 is 0 Å². The van der Waals surface area contributed by atoms with Gasteiger partial charge in [-0.25, -0.2) is 0 Å². The predicted octanol–water partition coefficient (Wildman–Crippen LogP) is 2.50. The van der Waals surface area contributed by atoms with Crippen LogP contribution in [0.25, 0.3) is 0 Å². The summed E-state index contributed by atoms with van der Waals surface area (Å²) >= 11 is 0. The normalized spacial score (nSPS) is 19.0. The summed E-state index contributed by atoms with van der Waals surface area (Å²) in [6.45, 7) is 4.04. The second-order valence-electron chi connectivity index (χ2n) is 4.84. The van der Waals surface area contributed by atoms with E-state index in [1.165, 1.54) is 0 Å². The summed E-state index contributed by atoms with van der Waals surface area (Å²) < 4.78 is 12.7. The molecule has 0 aliphatic rings. The van der Waals surface area contributed by atoms with E-state index in [9.17, 15) is 9.46 Å². The third-order valence-electron chi connectivity index (χ3n) is 2.56. The molecular weight excluding hydrogens is 197 g/mol. The fourth-order valence-corrected chi connectivity index (χ4v) is 4.63. The molecular formula is C10H25NO2P+. The lowest BCUT2D eigenvalue weighted by Crippen LogP contribution is -2.44. The Morgan fingerprint density at radius 3 is 2.07 bits per heavy atom. The molecule has 0 bridgehead atoms. The highest BCUT2D eigenvalue weighted by molar-refractivity contribution is 7.58. The van der Waals surface area contributed by atoms with Crippen molar-refractivity contribution >= 4 is 7.37 Å². The van der Waals surface area contributed by atoms with E-state index < -0.39 is 7.37 Å². The molecule has 0 aromatic carbocycles. The van der Waals surface area contributed by atoms with E-state index in [2.05, 4.69) is 0 Å². The van der Waals surface area contributed by atoms with Crippen LogP contribution in [0.3, 0.4) is 0 Å². The molecule has 0 aliphatic carbocycles. The van der Waals surface area contributed by atoms with Crippen LogP contribution in [-0.2, 0) is 4.57 Å². The lowest BCUT2D eigenvalue weighted by molar-refractivity contribution is -0.882. The van der Waals surface area contributed by atoms with Crippen LogP contribution in [-0.4, -0.2) is 42.5 Å². The Hall–Kier alpha value is 0.150. The van der Waals surface area contributed by atoms with Gasteiger partial charge in [0, 0.05) is 12.6 Å². The molecule has 0 fully saturated rings. The maximum absolute atomic E-state index is 12.1. The average Bonchev–Trinajstić information content (AvgIpc) is 1.98. The van der Waals surface area contributed by atoms with Gasteiger partial charge in [0.15, 0.2) is 5.78 Å². The van der Waals surface area contributed by atoms with Gasteiger partial charge in [0.25, 0.3) is 7.37 Å². The number of unbranched alkanes of at least 4 members (excludes halogenated alkanes) is 1. The Kier molecular flexibility index (Phi) is 5.35. The van der Waals surface area contributed by atoms with Gasteiger partial charge in [0.1, 0.15) is 0 Å². The first-order valence-corrected chi connectivity index (χ1v) is 7.29. The van der Waals surface area contributed by atoms with E-state index in [1.54, 1.807) is 0 Å². The number of quaternary nitrogens is 1. The molecule has 0 radical (unpaired) electrons. The second kappa shape index (κ2) is 5.29. The molecule has 86 valence electrons. The molecule has 2 unspecified atom stereocenters. The quantitative estimate of drug-likeness (QED) is 0.554. The Labute approximate surface area is 88.2 Å². The number of hydrogen-bond acceptors (Lipinski definition) is 1. The van der Waals surface area contributed by atoms with Crippen LogP contribution in [0.1, 0.15) is 33.1 Å². The summed E-state index contributed by atoms with van der Waals surface area (Å²) in [5.41, 5.74) is 0. The Morgan fingerprint density at radius 1 is 1.29 bits per heavy atom. The first-order chi connectivity index (χ1) is 6.25. The van der Waals surface area contributed by atoms with E-state index in [4.69, 9.17) is 0 Å². The highest BCUT2D eigenvalue weighted by Crippen LogP contribution is 2.50. The molecule has 0 spiro atoms. The molecule has 4 heteroatoms. The third kappa shape index (κ3) is 4.12. The molecule has 14 heavy (non-hydrogen) atoms. The van der Waals surface area contributed by atoms with Crippen molar-refractivity contribution in [3.05, 3.63) is 0 Å². The highest BCUT2D eigenvalue weighted by Gasteiger charge is 2.38. The van der Waals surface area contributed by atoms with Crippen LogP contribution in [0.5, 0.6) is 0 Å². The standard InChI is InChI=1S/C10H24NO2P/c1-6-8-9-14(12,13)10(7-2)11(3,4)5/h10H,6-9H2,1-5H3/p+1. The Balaban J connectivity index is 4.58. The SMILES string of the molecule is CCCCP(=O)(O)C(CC)[N+](C)(C)C. The maximum Gasteiger partial charge on any atom is 0.256 e. The highest BCUT2D eigenvalue weighted by atomic mass is 31.2. The molecule has 3 nitrogen and oxygen atoms in total. The molecule has 0 amide bonds. The number of rotatable bonds is 6. The van der Waals surface area contributed by atoms with E-state index in [-0.39, 0.29) is 5.78 Å². The minimum Gasteiger partial charge on any atom is -0.340 e. The van der Waals surface area contributed by atoms with E-state index in [0.717, 1.165) is 19.3 Å². The first kappa shape index (κ1) is 14.2. The summed E-state index contributed by atoms with van der Waals surface area (Å²) in [6, 6.07) is 0. The van der Waals surface area contributed by atoms with Gasteiger partial charge in [-0.3, -0.25) is 4.57 Å². The van der Waals surface area contributed by atoms with Gasteiger partial charge in [0.05, 0.1) is 21.1 Å². The fourth-order valence-electron chi connectivity index (χ4n) is 1.91. The summed E-state index contributed by atoms with van der Waals surface area (Å²) in [5, 5.41) is 0. The molecule has 0 aliphatic heterocycles. The van der Waals surface area contributed by atoms with Gasteiger partial charge in [-0.2, -0.15) is 0 Å². The molecule has 0 aromatic heterocycles. The van der Waals surface area contributed by atoms with Gasteiger partial charge in [0.2, 0.25) is 0 Å². The zero-order valence-corrected chi connectivity index (χ0v) is 11.1. The molecule has 2 atom stereocenters. The monoisotopic (exact) mass is 222 g/mol. The van der Waals surface area contributed by atoms with E-state index in [0.29, 0.717) is 10.6 Å². The molecule has 0 rings (SSSR count). The van der Waals surface area contributed by atoms with Gasteiger partial charge in [-0.1, -0.05) is 20.3 Å². The molecule has 0 aromatic rings. The lowest BCUT2D eigenvalue weighted by atomic mass is 10.4. The maximum atomic E-state index is 12.1. The largest absolute Gasteiger partial charge is 0.340 e. The van der Waals surface area contributed by atoms with Crippen molar-refractivity contribution in [3.8, 4) is 0 Å². The number of nitrogens with zero attached hydrogens (tertiary/aromatic N) is 1. The van der Waals surface area contributed by atoms with Gasteiger partial charge < -0.3 is 9.38 Å². The minimum atomic E-state index is -2.97. The Morgan fingerprint density at radius 2 is 1.79 bits per heavy atom. The summed E-state index contributed by atoms with van der Waals surface area (Å²) in [5.74, 6) is -0.117. The van der Waals surface area contributed by atoms with Crippen molar-refractivity contribution in [2.45, 2.75) is 38.9 Å². The van der Waals surface area contributed by atoms with Gasteiger partial charge in [-0.15, -0.1) is 0 Å². The van der Waals surface area contributed by atoms with Crippen LogP contribution < -0.4 is 0 Å². The lowest BCUT2D eigenvalue weighted by Gasteiger charge is -2.36. The summed E-state index contributed by atoms with van der Waals surface area (Å²) in [7, 11) is 3.00. The van der Waals surface area contributed by atoms with Gasteiger partial charge in [-0.05, 0) is 6.42 Å². The summed E-state index contributed by atoms with van der Waals surface area (Å²) in [6.07, 6.45) is 3.07. The minimum absolute atomic E-state index is 0.117. The van der Waals surface area contributed by atoms with Crippen molar-refractivity contribution in [1.29, 1.82) is 0 Å². The van der Waals surface area contributed by atoms with Crippen molar-refractivity contribution < 1.29 is 13.9 Å². The molecule has 0 saturated heterocycles. The zero-order chi connectivity index (χ0) is 11.4. The average molecular weight is 222 g/mol. The van der Waals surface area contributed by atoms with Crippen molar-refractivity contribution in [2.75, 3.05) is 27.3 Å². The third-order valence-corrected chi connectivity index (χ3v) is 5.50. The predicted molar refractivity (Wildman–Crippen MR) is 61.7 cm³/mol. The van der Waals surface area contributed by atoms with Crippen LogP contribution in [0.2, 0.25) is 0 Å². The molecule has 1 N–H and O–H groups in total. The molecule has 0 heterocycles. The number of hydrogen-bond donors (Lipinski definition) is 1. The summed E-state index contributed by atoms with van der Waals surface area (Å²) in [4.78, 5) is 9.98. The second-order valence-corrected chi connectivity index (χ2v) is 7.39. The van der Waals surface area contributed by atoms with Crippen LogP contribution >= 0.6 is 7.37 Å². The van der Waals surface area contributed by atoms with E-state index in [1.807, 2.05) is 35.0 Å².